The maximum absolute atomic E-state index is 9.28. The molecular formula is C9H16N4O2S. The van der Waals surface area contributed by atoms with E-state index in [1.165, 1.54) is 11.8 Å². The van der Waals surface area contributed by atoms with E-state index in [4.69, 9.17) is 10.8 Å². The first-order chi connectivity index (χ1) is 7.76. The second kappa shape index (κ2) is 5.13. The van der Waals surface area contributed by atoms with Gasteiger partial charge in [0.2, 0.25) is 0 Å². The first kappa shape index (κ1) is 11.8. The topological polar surface area (TPSA) is 97.2 Å². The molecule has 2 rings (SSSR count). The molecule has 1 heterocycles. The van der Waals surface area contributed by atoms with E-state index in [1.807, 2.05) is 0 Å². The highest BCUT2D eigenvalue weighted by molar-refractivity contribution is 7.99. The molecule has 0 amide bonds. The highest BCUT2D eigenvalue weighted by atomic mass is 32.2. The first-order valence-electron chi connectivity index (χ1n) is 5.31. The molecule has 90 valence electrons. The standard InChI is InChI=1S/C9H16N4O2S/c10-3-8-11-12-9(13(8)6-1-2-6)16-5-7(15)4-14/h6-7,14-15H,1-5,10H2. The number of aromatic nitrogens is 3. The molecule has 1 aliphatic rings. The number of aliphatic hydroxyl groups is 2. The van der Waals surface area contributed by atoms with Crippen molar-refractivity contribution in [2.45, 2.75) is 36.7 Å². The lowest BCUT2D eigenvalue weighted by molar-refractivity contribution is 0.113. The largest absolute Gasteiger partial charge is 0.394 e. The monoisotopic (exact) mass is 244 g/mol. The fraction of sp³-hybridized carbons (Fsp3) is 0.778. The molecule has 1 fully saturated rings. The summed E-state index contributed by atoms with van der Waals surface area (Å²) in [7, 11) is 0. The Hall–Kier alpha value is -0.630. The van der Waals surface area contributed by atoms with Gasteiger partial charge in [0.15, 0.2) is 5.16 Å². The molecule has 1 aromatic rings. The molecule has 0 aromatic carbocycles. The smallest absolute Gasteiger partial charge is 0.191 e. The van der Waals surface area contributed by atoms with Crippen molar-refractivity contribution >= 4 is 11.8 Å². The molecule has 1 aliphatic carbocycles. The Morgan fingerprint density at radius 1 is 1.50 bits per heavy atom. The van der Waals surface area contributed by atoms with Crippen LogP contribution in [-0.2, 0) is 6.54 Å². The molecule has 1 aromatic heterocycles. The number of nitrogens with zero attached hydrogens (tertiary/aromatic N) is 3. The van der Waals surface area contributed by atoms with Gasteiger partial charge in [-0.3, -0.25) is 0 Å². The number of hydrogen-bond donors (Lipinski definition) is 3. The average Bonchev–Trinajstić information content (AvgIpc) is 3.06. The van der Waals surface area contributed by atoms with Crippen molar-refractivity contribution in [3.05, 3.63) is 5.82 Å². The van der Waals surface area contributed by atoms with Gasteiger partial charge in [0.25, 0.3) is 0 Å². The molecule has 6 nitrogen and oxygen atoms in total. The Morgan fingerprint density at radius 3 is 2.81 bits per heavy atom. The molecule has 7 heteroatoms. The van der Waals surface area contributed by atoms with Gasteiger partial charge in [-0.2, -0.15) is 0 Å². The molecule has 0 bridgehead atoms. The predicted molar refractivity (Wildman–Crippen MR) is 60.0 cm³/mol. The van der Waals surface area contributed by atoms with Crippen molar-refractivity contribution in [2.75, 3.05) is 12.4 Å². The normalized spacial score (nSPS) is 17.7. The van der Waals surface area contributed by atoms with Crippen LogP contribution in [0.5, 0.6) is 0 Å². The number of nitrogens with two attached hydrogens (primary N) is 1. The SMILES string of the molecule is NCc1nnc(SCC(O)CO)n1C1CC1. The number of hydrogen-bond acceptors (Lipinski definition) is 6. The lowest BCUT2D eigenvalue weighted by Crippen LogP contribution is -2.15. The highest BCUT2D eigenvalue weighted by Crippen LogP contribution is 2.38. The molecule has 4 N–H and O–H groups in total. The summed E-state index contributed by atoms with van der Waals surface area (Å²) in [4.78, 5) is 0. The molecule has 0 spiro atoms. The zero-order valence-corrected chi connectivity index (χ0v) is 9.73. The van der Waals surface area contributed by atoms with Gasteiger partial charge in [-0.15, -0.1) is 10.2 Å². The molecule has 1 atom stereocenters. The summed E-state index contributed by atoms with van der Waals surface area (Å²) in [5.41, 5.74) is 5.59. The van der Waals surface area contributed by atoms with Crippen LogP contribution in [-0.4, -0.2) is 43.4 Å². The van der Waals surface area contributed by atoms with Crippen LogP contribution < -0.4 is 5.73 Å². The number of thioether (sulfide) groups is 1. The van der Waals surface area contributed by atoms with E-state index in [9.17, 15) is 5.11 Å². The third-order valence-corrected chi connectivity index (χ3v) is 3.53. The van der Waals surface area contributed by atoms with E-state index in [1.54, 1.807) is 0 Å². The van der Waals surface area contributed by atoms with E-state index in [0.717, 1.165) is 23.8 Å². The van der Waals surface area contributed by atoms with E-state index >= 15 is 0 Å². The second-order valence-corrected chi connectivity index (χ2v) is 4.84. The number of aliphatic hydroxyl groups excluding tert-OH is 2. The molecule has 0 saturated heterocycles. The van der Waals surface area contributed by atoms with E-state index < -0.39 is 6.10 Å². The van der Waals surface area contributed by atoms with Crippen molar-refractivity contribution in [1.82, 2.24) is 14.8 Å². The van der Waals surface area contributed by atoms with Gasteiger partial charge in [-0.05, 0) is 12.8 Å². The quantitative estimate of drug-likeness (QED) is 0.585. The Bertz CT molecular complexity index is 353. The minimum atomic E-state index is -0.712. The number of rotatable bonds is 6. The summed E-state index contributed by atoms with van der Waals surface area (Å²) in [5, 5.41) is 26.9. The van der Waals surface area contributed by atoms with Crippen molar-refractivity contribution in [3.8, 4) is 0 Å². The fourth-order valence-electron chi connectivity index (χ4n) is 1.47. The summed E-state index contributed by atoms with van der Waals surface area (Å²) < 4.78 is 2.05. The van der Waals surface area contributed by atoms with Crippen molar-refractivity contribution in [2.24, 2.45) is 5.73 Å². The molecule has 0 radical (unpaired) electrons. The minimum Gasteiger partial charge on any atom is -0.394 e. The van der Waals surface area contributed by atoms with Crippen LogP contribution >= 0.6 is 11.8 Å². The minimum absolute atomic E-state index is 0.228. The van der Waals surface area contributed by atoms with E-state index in [2.05, 4.69) is 14.8 Å². The fourth-order valence-corrected chi connectivity index (χ4v) is 2.41. The van der Waals surface area contributed by atoms with Crippen LogP contribution in [0.4, 0.5) is 0 Å². The van der Waals surface area contributed by atoms with Crippen molar-refractivity contribution in [1.29, 1.82) is 0 Å². The first-order valence-corrected chi connectivity index (χ1v) is 6.30. The lowest BCUT2D eigenvalue weighted by Gasteiger charge is -2.09. The molecule has 1 saturated carbocycles. The van der Waals surface area contributed by atoms with Crippen LogP contribution in [0.2, 0.25) is 0 Å². The van der Waals surface area contributed by atoms with E-state index in [-0.39, 0.29) is 6.61 Å². The summed E-state index contributed by atoms with van der Waals surface area (Å²) >= 11 is 1.41. The van der Waals surface area contributed by atoms with E-state index in [0.29, 0.717) is 18.3 Å². The average molecular weight is 244 g/mol. The van der Waals surface area contributed by atoms with Crippen molar-refractivity contribution in [3.63, 3.8) is 0 Å². The van der Waals surface area contributed by atoms with Crippen LogP contribution in [0, 0.1) is 0 Å². The summed E-state index contributed by atoms with van der Waals surface area (Å²) in [6, 6.07) is 0.474. The molecule has 1 unspecified atom stereocenters. The Morgan fingerprint density at radius 2 is 2.25 bits per heavy atom. The third-order valence-electron chi connectivity index (χ3n) is 2.45. The Kier molecular flexibility index (Phi) is 3.80. The van der Waals surface area contributed by atoms with Gasteiger partial charge in [-0.1, -0.05) is 11.8 Å². The van der Waals surface area contributed by atoms with Crippen LogP contribution in [0.3, 0.4) is 0 Å². The Labute approximate surface area is 97.9 Å². The van der Waals surface area contributed by atoms with Gasteiger partial charge in [0.05, 0.1) is 19.3 Å². The third kappa shape index (κ3) is 2.54. The van der Waals surface area contributed by atoms with Gasteiger partial charge in [0.1, 0.15) is 5.82 Å². The highest BCUT2D eigenvalue weighted by Gasteiger charge is 2.29. The maximum Gasteiger partial charge on any atom is 0.191 e. The van der Waals surface area contributed by atoms with Gasteiger partial charge < -0.3 is 20.5 Å². The zero-order valence-electron chi connectivity index (χ0n) is 8.91. The summed E-state index contributed by atoms with van der Waals surface area (Å²) in [6.45, 7) is 0.154. The second-order valence-electron chi connectivity index (χ2n) is 3.85. The summed E-state index contributed by atoms with van der Waals surface area (Å²) in [6.07, 6.45) is 1.57. The van der Waals surface area contributed by atoms with Crippen molar-refractivity contribution < 1.29 is 10.2 Å². The molecular weight excluding hydrogens is 228 g/mol. The predicted octanol–water partition coefficient (Wildman–Crippen LogP) is -0.483. The van der Waals surface area contributed by atoms with Crippen LogP contribution in [0.25, 0.3) is 0 Å². The van der Waals surface area contributed by atoms with Crippen LogP contribution in [0.15, 0.2) is 5.16 Å². The zero-order chi connectivity index (χ0) is 11.5. The van der Waals surface area contributed by atoms with Gasteiger partial charge in [0, 0.05) is 11.8 Å². The summed E-state index contributed by atoms with van der Waals surface area (Å²) in [5.74, 6) is 1.22. The molecule has 16 heavy (non-hydrogen) atoms. The lowest BCUT2D eigenvalue weighted by atomic mass is 10.4. The van der Waals surface area contributed by atoms with Gasteiger partial charge >= 0.3 is 0 Å². The van der Waals surface area contributed by atoms with Crippen LogP contribution in [0.1, 0.15) is 24.7 Å². The Balaban J connectivity index is 2.05. The maximum atomic E-state index is 9.28. The molecule has 0 aliphatic heterocycles. The van der Waals surface area contributed by atoms with Gasteiger partial charge in [-0.25, -0.2) is 0 Å².